The Kier molecular flexibility index (Phi) is 6.60. The first-order valence-electron chi connectivity index (χ1n) is 8.62. The molecule has 1 aliphatic heterocycles. The molecule has 1 aliphatic rings. The molecule has 1 aromatic rings. The number of esters is 1. The molecule has 1 unspecified atom stereocenters. The van der Waals surface area contributed by atoms with Gasteiger partial charge in [-0.3, -0.25) is 4.79 Å². The summed E-state index contributed by atoms with van der Waals surface area (Å²) in [4.78, 5) is 13.8. The molecule has 0 aromatic heterocycles. The van der Waals surface area contributed by atoms with Gasteiger partial charge in [-0.15, -0.1) is 0 Å². The van der Waals surface area contributed by atoms with E-state index in [1.54, 1.807) is 0 Å². The highest BCUT2D eigenvalue weighted by Crippen LogP contribution is 2.24. The van der Waals surface area contributed by atoms with Crippen LogP contribution in [0.5, 0.6) is 0 Å². The lowest BCUT2D eigenvalue weighted by molar-refractivity contribution is -0.144. The average Bonchev–Trinajstić information content (AvgIpc) is 2.48. The Bertz CT molecular complexity index is 501. The van der Waals surface area contributed by atoms with E-state index in [4.69, 9.17) is 4.74 Å². The number of rotatable bonds is 6. The third-order valence-corrected chi connectivity index (χ3v) is 4.53. The highest BCUT2D eigenvalue weighted by atomic mass is 16.5. The van der Waals surface area contributed by atoms with Gasteiger partial charge in [0.05, 0.1) is 12.7 Å². The molecule has 1 fully saturated rings. The summed E-state index contributed by atoms with van der Waals surface area (Å²) in [7, 11) is 0. The van der Waals surface area contributed by atoms with Crippen molar-refractivity contribution >= 4 is 5.97 Å². The second kappa shape index (κ2) is 8.46. The number of aliphatic hydroxyl groups is 1. The summed E-state index contributed by atoms with van der Waals surface area (Å²) in [5, 5.41) is 10.5. The molecule has 23 heavy (non-hydrogen) atoms. The van der Waals surface area contributed by atoms with Crippen molar-refractivity contribution in [3.8, 4) is 0 Å². The number of likely N-dealkylation sites (tertiary alicyclic amines) is 1. The number of piperidine rings is 1. The minimum Gasteiger partial charge on any atom is -0.466 e. The fraction of sp³-hybridized carbons (Fsp3) is 0.632. The van der Waals surface area contributed by atoms with Gasteiger partial charge in [0.1, 0.15) is 0 Å². The highest BCUT2D eigenvalue weighted by Gasteiger charge is 2.23. The lowest BCUT2D eigenvalue weighted by Crippen LogP contribution is -2.37. The van der Waals surface area contributed by atoms with E-state index in [0.717, 1.165) is 31.5 Å². The fourth-order valence-electron chi connectivity index (χ4n) is 3.38. The minimum atomic E-state index is -0.449. The van der Waals surface area contributed by atoms with Crippen LogP contribution < -0.4 is 0 Å². The molecule has 0 bridgehead atoms. The van der Waals surface area contributed by atoms with Crippen molar-refractivity contribution < 1.29 is 14.6 Å². The van der Waals surface area contributed by atoms with Crippen molar-refractivity contribution in [1.82, 2.24) is 4.90 Å². The zero-order valence-electron chi connectivity index (χ0n) is 14.5. The van der Waals surface area contributed by atoms with Gasteiger partial charge >= 0.3 is 5.97 Å². The van der Waals surface area contributed by atoms with Gasteiger partial charge in [0.15, 0.2) is 0 Å². The molecule has 128 valence electrons. The summed E-state index contributed by atoms with van der Waals surface area (Å²) in [6.45, 7) is 8.95. The number of ether oxygens (including phenoxy) is 1. The maximum absolute atomic E-state index is 11.5. The Morgan fingerprint density at radius 3 is 2.43 bits per heavy atom. The number of nitrogens with zero attached hydrogens (tertiary/aromatic N) is 1. The molecule has 4 nitrogen and oxygen atoms in total. The van der Waals surface area contributed by atoms with E-state index in [0.29, 0.717) is 25.5 Å². The molecular formula is C19H29NO3. The van der Waals surface area contributed by atoms with Gasteiger partial charge < -0.3 is 14.7 Å². The fourth-order valence-corrected chi connectivity index (χ4v) is 3.38. The summed E-state index contributed by atoms with van der Waals surface area (Å²) in [6, 6.07) is 6.24. The molecule has 0 amide bonds. The molecule has 1 N–H and O–H groups in total. The quantitative estimate of drug-likeness (QED) is 0.819. The van der Waals surface area contributed by atoms with Crippen LogP contribution in [0.4, 0.5) is 0 Å². The molecule has 0 saturated carbocycles. The first kappa shape index (κ1) is 18.0. The summed E-state index contributed by atoms with van der Waals surface area (Å²) in [5.41, 5.74) is 3.37. The van der Waals surface area contributed by atoms with Crippen molar-refractivity contribution in [3.63, 3.8) is 0 Å². The highest BCUT2D eigenvalue weighted by molar-refractivity contribution is 5.69. The number of carbonyl (C=O) groups is 1. The van der Waals surface area contributed by atoms with Crippen molar-refractivity contribution in [3.05, 3.63) is 34.9 Å². The van der Waals surface area contributed by atoms with E-state index in [2.05, 4.69) is 36.9 Å². The SMILES string of the molecule is CCOC(=O)CC1CCN(CC(O)c2cc(C)cc(C)c2)CC1. The Morgan fingerprint density at radius 1 is 1.26 bits per heavy atom. The number of β-amino-alcohol motifs (C(OH)–C–C–N with tert-alkyl or cyclic N) is 1. The number of carbonyl (C=O) groups excluding carboxylic acids is 1. The maximum Gasteiger partial charge on any atom is 0.306 e. The van der Waals surface area contributed by atoms with Crippen molar-refractivity contribution in [2.24, 2.45) is 5.92 Å². The van der Waals surface area contributed by atoms with E-state index in [1.165, 1.54) is 11.1 Å². The molecule has 0 spiro atoms. The van der Waals surface area contributed by atoms with Crippen molar-refractivity contribution in [2.45, 2.75) is 46.1 Å². The van der Waals surface area contributed by atoms with E-state index in [1.807, 2.05) is 6.92 Å². The number of benzene rings is 1. The standard InChI is InChI=1S/C19H29NO3/c1-4-23-19(22)12-16-5-7-20(8-6-16)13-18(21)17-10-14(2)9-15(3)11-17/h9-11,16,18,21H,4-8,12-13H2,1-3H3. The zero-order valence-corrected chi connectivity index (χ0v) is 14.5. The van der Waals surface area contributed by atoms with Gasteiger partial charge in [-0.2, -0.15) is 0 Å². The molecule has 0 radical (unpaired) electrons. The molecule has 0 aliphatic carbocycles. The third-order valence-electron chi connectivity index (χ3n) is 4.53. The lowest BCUT2D eigenvalue weighted by Gasteiger charge is -2.33. The van der Waals surface area contributed by atoms with Crippen LogP contribution in [-0.2, 0) is 9.53 Å². The number of aryl methyl sites for hydroxylation is 2. The molecular weight excluding hydrogens is 290 g/mol. The summed E-state index contributed by atoms with van der Waals surface area (Å²) < 4.78 is 5.02. The molecule has 2 rings (SSSR count). The van der Waals surface area contributed by atoms with Gasteiger partial charge in [-0.25, -0.2) is 0 Å². The first-order chi connectivity index (χ1) is 11.0. The minimum absolute atomic E-state index is 0.0822. The number of hydrogen-bond donors (Lipinski definition) is 1. The van der Waals surface area contributed by atoms with Crippen molar-refractivity contribution in [2.75, 3.05) is 26.2 Å². The predicted octanol–water partition coefficient (Wildman–Crippen LogP) is 3.00. The number of aliphatic hydroxyl groups excluding tert-OH is 1. The van der Waals surface area contributed by atoms with Gasteiger partial charge in [-0.05, 0) is 58.2 Å². The van der Waals surface area contributed by atoms with E-state index in [-0.39, 0.29) is 5.97 Å². The molecule has 1 heterocycles. The monoisotopic (exact) mass is 319 g/mol. The summed E-state index contributed by atoms with van der Waals surface area (Å²) >= 11 is 0. The van der Waals surface area contributed by atoms with Crippen LogP contribution in [0.3, 0.4) is 0 Å². The summed E-state index contributed by atoms with van der Waals surface area (Å²) in [5.74, 6) is 0.338. The second-order valence-corrected chi connectivity index (χ2v) is 6.69. The van der Waals surface area contributed by atoms with Crippen LogP contribution in [0, 0.1) is 19.8 Å². The average molecular weight is 319 g/mol. The largest absolute Gasteiger partial charge is 0.466 e. The van der Waals surface area contributed by atoms with E-state index >= 15 is 0 Å². The summed E-state index contributed by atoms with van der Waals surface area (Å²) in [6.07, 6.45) is 2.08. The van der Waals surface area contributed by atoms with E-state index < -0.39 is 6.10 Å². The van der Waals surface area contributed by atoms with Crippen molar-refractivity contribution in [1.29, 1.82) is 0 Å². The Morgan fingerprint density at radius 2 is 1.87 bits per heavy atom. The van der Waals surface area contributed by atoms with Crippen LogP contribution in [-0.4, -0.2) is 42.2 Å². The zero-order chi connectivity index (χ0) is 16.8. The lowest BCUT2D eigenvalue weighted by atomic mass is 9.93. The molecule has 1 atom stereocenters. The Hall–Kier alpha value is -1.39. The van der Waals surface area contributed by atoms with Gasteiger partial charge in [-0.1, -0.05) is 29.3 Å². The van der Waals surface area contributed by atoms with Crippen LogP contribution in [0.2, 0.25) is 0 Å². The van der Waals surface area contributed by atoms with Crippen LogP contribution in [0.1, 0.15) is 49.0 Å². The second-order valence-electron chi connectivity index (χ2n) is 6.69. The normalized spacial score (nSPS) is 17.9. The first-order valence-corrected chi connectivity index (χ1v) is 8.62. The number of hydrogen-bond acceptors (Lipinski definition) is 4. The van der Waals surface area contributed by atoms with Gasteiger partial charge in [0.25, 0.3) is 0 Å². The van der Waals surface area contributed by atoms with Crippen LogP contribution in [0.25, 0.3) is 0 Å². The van der Waals surface area contributed by atoms with Crippen LogP contribution in [0.15, 0.2) is 18.2 Å². The smallest absolute Gasteiger partial charge is 0.306 e. The maximum atomic E-state index is 11.5. The Labute approximate surface area is 139 Å². The van der Waals surface area contributed by atoms with Gasteiger partial charge in [0.2, 0.25) is 0 Å². The predicted molar refractivity (Wildman–Crippen MR) is 91.3 cm³/mol. The Balaban J connectivity index is 1.80. The third kappa shape index (κ3) is 5.63. The molecule has 1 saturated heterocycles. The molecule has 4 heteroatoms. The van der Waals surface area contributed by atoms with Crippen LogP contribution >= 0.6 is 0 Å². The molecule has 1 aromatic carbocycles. The van der Waals surface area contributed by atoms with E-state index in [9.17, 15) is 9.90 Å². The topological polar surface area (TPSA) is 49.8 Å². The van der Waals surface area contributed by atoms with Gasteiger partial charge in [0, 0.05) is 13.0 Å².